The smallest absolute Gasteiger partial charge is 0.0870 e. The van der Waals surface area contributed by atoms with Gasteiger partial charge in [0.1, 0.15) is 0 Å². The van der Waals surface area contributed by atoms with Crippen molar-refractivity contribution >= 4 is 32.5 Å². The van der Waals surface area contributed by atoms with Crippen LogP contribution in [0.4, 0.5) is 5.69 Å². The van der Waals surface area contributed by atoms with E-state index in [1.165, 1.54) is 22.2 Å². The number of pyridine rings is 1. The lowest BCUT2D eigenvalue weighted by atomic mass is 10.0. The van der Waals surface area contributed by atoms with Crippen LogP contribution in [-0.4, -0.2) is 11.5 Å². The fourth-order valence-corrected chi connectivity index (χ4v) is 2.60. The van der Waals surface area contributed by atoms with Crippen LogP contribution in [0.1, 0.15) is 30.2 Å². The van der Waals surface area contributed by atoms with Gasteiger partial charge in [0.25, 0.3) is 0 Å². The number of fused-ring (bicyclic) bond motifs is 1. The number of benzene rings is 1. The van der Waals surface area contributed by atoms with E-state index < -0.39 is 0 Å². The van der Waals surface area contributed by atoms with Gasteiger partial charge in [0.2, 0.25) is 0 Å². The van der Waals surface area contributed by atoms with Crippen molar-refractivity contribution in [2.45, 2.75) is 34.1 Å². The number of aryl methyl sites for hydroxylation is 2. The third-order valence-electron chi connectivity index (χ3n) is 3.34. The van der Waals surface area contributed by atoms with Gasteiger partial charge in [0.05, 0.1) is 5.52 Å². The van der Waals surface area contributed by atoms with Gasteiger partial charge in [-0.2, -0.15) is 0 Å². The standard InChI is InChI=1S/C15H19BrN2/c1-5-8-17-14-10(3)11(4)18-15-12(16)7-6-9(2)13(14)15/h6-7H,5,8H2,1-4H3,(H,17,18). The van der Waals surface area contributed by atoms with Crippen LogP contribution in [0.3, 0.4) is 0 Å². The van der Waals surface area contributed by atoms with E-state index in [2.05, 4.69) is 61.1 Å². The maximum absolute atomic E-state index is 4.72. The first-order valence-electron chi connectivity index (χ1n) is 6.36. The Morgan fingerprint density at radius 3 is 2.61 bits per heavy atom. The molecule has 0 aliphatic rings. The van der Waals surface area contributed by atoms with Crippen molar-refractivity contribution in [2.24, 2.45) is 0 Å². The summed E-state index contributed by atoms with van der Waals surface area (Å²) in [7, 11) is 0. The van der Waals surface area contributed by atoms with Gasteiger partial charge in [-0.1, -0.05) is 13.0 Å². The zero-order valence-electron chi connectivity index (χ0n) is 11.4. The van der Waals surface area contributed by atoms with E-state index >= 15 is 0 Å². The third kappa shape index (κ3) is 2.24. The molecule has 3 heteroatoms. The second kappa shape index (κ2) is 5.27. The van der Waals surface area contributed by atoms with Crippen LogP contribution in [-0.2, 0) is 0 Å². The van der Waals surface area contributed by atoms with Crippen LogP contribution in [0.5, 0.6) is 0 Å². The van der Waals surface area contributed by atoms with Crippen LogP contribution >= 0.6 is 15.9 Å². The molecule has 0 bridgehead atoms. The minimum Gasteiger partial charge on any atom is -0.384 e. The van der Waals surface area contributed by atoms with Crippen LogP contribution in [0, 0.1) is 20.8 Å². The van der Waals surface area contributed by atoms with E-state index in [4.69, 9.17) is 4.98 Å². The summed E-state index contributed by atoms with van der Waals surface area (Å²) >= 11 is 3.60. The van der Waals surface area contributed by atoms with Crippen molar-refractivity contribution in [3.8, 4) is 0 Å². The molecule has 2 rings (SSSR count). The van der Waals surface area contributed by atoms with E-state index in [0.717, 1.165) is 28.6 Å². The van der Waals surface area contributed by atoms with Gasteiger partial charge >= 0.3 is 0 Å². The lowest BCUT2D eigenvalue weighted by molar-refractivity contribution is 0.976. The zero-order chi connectivity index (χ0) is 13.3. The number of nitrogens with one attached hydrogen (secondary N) is 1. The average Bonchev–Trinajstić information content (AvgIpc) is 2.35. The Labute approximate surface area is 117 Å². The Morgan fingerprint density at radius 2 is 1.94 bits per heavy atom. The molecule has 2 nitrogen and oxygen atoms in total. The van der Waals surface area contributed by atoms with Crippen molar-refractivity contribution in [3.63, 3.8) is 0 Å². The van der Waals surface area contributed by atoms with Crippen molar-refractivity contribution in [2.75, 3.05) is 11.9 Å². The van der Waals surface area contributed by atoms with E-state index in [9.17, 15) is 0 Å². The highest BCUT2D eigenvalue weighted by Crippen LogP contribution is 2.34. The fraction of sp³-hybridized carbons (Fsp3) is 0.400. The highest BCUT2D eigenvalue weighted by molar-refractivity contribution is 9.10. The molecule has 0 aliphatic heterocycles. The van der Waals surface area contributed by atoms with Gasteiger partial charge in [0.15, 0.2) is 0 Å². The largest absolute Gasteiger partial charge is 0.384 e. The maximum atomic E-state index is 4.72. The van der Waals surface area contributed by atoms with Gasteiger partial charge in [-0.25, -0.2) is 0 Å². The molecule has 0 atom stereocenters. The monoisotopic (exact) mass is 306 g/mol. The molecule has 1 aromatic carbocycles. The molecule has 2 aromatic rings. The molecule has 0 radical (unpaired) electrons. The second-order valence-electron chi connectivity index (χ2n) is 4.71. The van der Waals surface area contributed by atoms with Gasteiger partial charge in [-0.15, -0.1) is 0 Å². The summed E-state index contributed by atoms with van der Waals surface area (Å²) in [5, 5.41) is 4.79. The topological polar surface area (TPSA) is 24.9 Å². The molecule has 0 saturated carbocycles. The third-order valence-corrected chi connectivity index (χ3v) is 3.98. The van der Waals surface area contributed by atoms with Crippen molar-refractivity contribution in [3.05, 3.63) is 33.4 Å². The van der Waals surface area contributed by atoms with E-state index in [1.54, 1.807) is 0 Å². The fourth-order valence-electron chi connectivity index (χ4n) is 2.18. The van der Waals surface area contributed by atoms with Gasteiger partial charge < -0.3 is 5.32 Å². The number of hydrogen-bond acceptors (Lipinski definition) is 2. The number of hydrogen-bond donors (Lipinski definition) is 1. The summed E-state index contributed by atoms with van der Waals surface area (Å²) in [6, 6.07) is 4.21. The Bertz CT molecular complexity index is 591. The van der Waals surface area contributed by atoms with Crippen molar-refractivity contribution in [1.29, 1.82) is 0 Å². The first kappa shape index (κ1) is 13.3. The second-order valence-corrected chi connectivity index (χ2v) is 5.57. The molecule has 0 fully saturated rings. The first-order chi connectivity index (χ1) is 8.56. The lowest BCUT2D eigenvalue weighted by Gasteiger charge is -2.16. The number of rotatable bonds is 3. The number of anilines is 1. The van der Waals surface area contributed by atoms with Crippen LogP contribution in [0.15, 0.2) is 16.6 Å². The number of aromatic nitrogens is 1. The Balaban J connectivity index is 2.79. The summed E-state index contributed by atoms with van der Waals surface area (Å²) in [4.78, 5) is 4.72. The summed E-state index contributed by atoms with van der Waals surface area (Å²) in [6.45, 7) is 9.52. The van der Waals surface area contributed by atoms with Crippen LogP contribution in [0.2, 0.25) is 0 Å². The lowest BCUT2D eigenvalue weighted by Crippen LogP contribution is -2.05. The van der Waals surface area contributed by atoms with Gasteiger partial charge in [-0.05, 0) is 60.3 Å². The zero-order valence-corrected chi connectivity index (χ0v) is 13.0. The van der Waals surface area contributed by atoms with Gasteiger partial charge in [0, 0.05) is 27.8 Å². The molecule has 0 saturated heterocycles. The highest BCUT2D eigenvalue weighted by Gasteiger charge is 2.12. The molecular formula is C15H19BrN2. The Morgan fingerprint density at radius 1 is 1.22 bits per heavy atom. The molecule has 0 amide bonds. The SMILES string of the molecule is CCCNc1c(C)c(C)nc2c(Br)ccc(C)c12. The van der Waals surface area contributed by atoms with E-state index in [-0.39, 0.29) is 0 Å². The molecule has 0 aliphatic carbocycles. The average molecular weight is 307 g/mol. The molecule has 1 N–H and O–H groups in total. The molecule has 1 heterocycles. The molecule has 1 aromatic heterocycles. The quantitative estimate of drug-likeness (QED) is 0.885. The summed E-state index contributed by atoms with van der Waals surface area (Å²) in [5.41, 5.74) is 5.89. The predicted octanol–water partition coefficient (Wildman–Crippen LogP) is 4.74. The van der Waals surface area contributed by atoms with E-state index in [0.29, 0.717) is 0 Å². The van der Waals surface area contributed by atoms with E-state index in [1.807, 2.05) is 0 Å². The first-order valence-corrected chi connectivity index (χ1v) is 7.15. The minimum atomic E-state index is 0.991. The number of halogens is 1. The van der Waals surface area contributed by atoms with Crippen molar-refractivity contribution < 1.29 is 0 Å². The molecule has 0 spiro atoms. The van der Waals surface area contributed by atoms with Crippen molar-refractivity contribution in [1.82, 2.24) is 4.98 Å². The predicted molar refractivity (Wildman–Crippen MR) is 82.4 cm³/mol. The van der Waals surface area contributed by atoms with Crippen LogP contribution < -0.4 is 5.32 Å². The normalized spacial score (nSPS) is 10.9. The molecule has 0 unspecified atom stereocenters. The Kier molecular flexibility index (Phi) is 3.91. The molecule has 96 valence electrons. The minimum absolute atomic E-state index is 0.991. The summed E-state index contributed by atoms with van der Waals surface area (Å²) < 4.78 is 1.06. The molecular weight excluding hydrogens is 288 g/mol. The Hall–Kier alpha value is -1.09. The summed E-state index contributed by atoms with van der Waals surface area (Å²) in [5.74, 6) is 0. The van der Waals surface area contributed by atoms with Crippen LogP contribution in [0.25, 0.3) is 10.9 Å². The van der Waals surface area contributed by atoms with Gasteiger partial charge in [-0.3, -0.25) is 4.98 Å². The number of nitrogens with zero attached hydrogens (tertiary/aromatic N) is 1. The molecule has 18 heavy (non-hydrogen) atoms. The summed E-state index contributed by atoms with van der Waals surface area (Å²) in [6.07, 6.45) is 1.12. The highest BCUT2D eigenvalue weighted by atomic mass is 79.9. The maximum Gasteiger partial charge on any atom is 0.0870 e.